The second-order valence-electron chi connectivity index (χ2n) is 6.45. The Balaban J connectivity index is 2.01. The summed E-state index contributed by atoms with van der Waals surface area (Å²) in [7, 11) is 0. The van der Waals surface area contributed by atoms with Crippen LogP contribution in [0, 0.1) is 11.8 Å². The van der Waals surface area contributed by atoms with Crippen molar-refractivity contribution >= 4 is 0 Å². The molecule has 0 aromatic heterocycles. The first-order valence-corrected chi connectivity index (χ1v) is 7.94. The van der Waals surface area contributed by atoms with Gasteiger partial charge in [-0.2, -0.15) is 0 Å². The van der Waals surface area contributed by atoms with E-state index in [2.05, 4.69) is 33.0 Å². The largest absolute Gasteiger partial charge is 0.379 e. The molecule has 0 bridgehead atoms. The first kappa shape index (κ1) is 16.0. The van der Waals surface area contributed by atoms with Gasteiger partial charge in [-0.1, -0.05) is 26.7 Å². The number of unbranched alkanes of at least 4 members (excludes halogenated alkanes) is 1. The minimum Gasteiger partial charge on any atom is -0.379 e. The zero-order valence-electron chi connectivity index (χ0n) is 12.9. The normalized spacial score (nSPS) is 25.0. The molecule has 2 nitrogen and oxygen atoms in total. The maximum absolute atomic E-state index is 5.55. The molecule has 0 spiro atoms. The van der Waals surface area contributed by atoms with Gasteiger partial charge in [0.15, 0.2) is 0 Å². The standard InChI is InChI=1S/C16H33NO/c1-13(2)15-8-7-9-16(12-15)17-10-5-6-11-18-14(3)4/h13-17H,5-12H2,1-4H3. The zero-order valence-corrected chi connectivity index (χ0v) is 12.9. The Hall–Kier alpha value is -0.0800. The summed E-state index contributed by atoms with van der Waals surface area (Å²) in [5.74, 6) is 1.80. The van der Waals surface area contributed by atoms with Crippen molar-refractivity contribution in [2.75, 3.05) is 13.2 Å². The van der Waals surface area contributed by atoms with Crippen LogP contribution >= 0.6 is 0 Å². The molecule has 0 amide bonds. The Morgan fingerprint density at radius 1 is 1.11 bits per heavy atom. The van der Waals surface area contributed by atoms with Gasteiger partial charge in [0.2, 0.25) is 0 Å². The molecule has 108 valence electrons. The van der Waals surface area contributed by atoms with E-state index in [-0.39, 0.29) is 0 Å². The first-order chi connectivity index (χ1) is 8.59. The molecule has 2 unspecified atom stereocenters. The van der Waals surface area contributed by atoms with Gasteiger partial charge in [0.1, 0.15) is 0 Å². The van der Waals surface area contributed by atoms with Gasteiger partial charge in [-0.05, 0) is 57.9 Å². The number of hydrogen-bond acceptors (Lipinski definition) is 2. The van der Waals surface area contributed by atoms with Gasteiger partial charge in [0, 0.05) is 12.6 Å². The number of rotatable bonds is 8. The van der Waals surface area contributed by atoms with Gasteiger partial charge >= 0.3 is 0 Å². The molecule has 0 saturated heterocycles. The van der Waals surface area contributed by atoms with Crippen LogP contribution in [-0.2, 0) is 4.74 Å². The summed E-state index contributed by atoms with van der Waals surface area (Å²) in [5, 5.41) is 3.74. The summed E-state index contributed by atoms with van der Waals surface area (Å²) >= 11 is 0. The van der Waals surface area contributed by atoms with Crippen molar-refractivity contribution in [2.24, 2.45) is 11.8 Å². The molecule has 1 aliphatic rings. The predicted molar refractivity (Wildman–Crippen MR) is 78.9 cm³/mol. The molecule has 1 aliphatic carbocycles. The minimum absolute atomic E-state index is 0.378. The average molecular weight is 255 g/mol. The van der Waals surface area contributed by atoms with Crippen LogP contribution in [0.1, 0.15) is 66.2 Å². The SMILES string of the molecule is CC(C)OCCCCNC1CCCC(C(C)C)C1. The molecule has 2 atom stereocenters. The summed E-state index contributed by atoms with van der Waals surface area (Å²) in [6.45, 7) is 11.0. The lowest BCUT2D eigenvalue weighted by Crippen LogP contribution is -2.36. The van der Waals surface area contributed by atoms with Crippen LogP contribution in [-0.4, -0.2) is 25.3 Å². The van der Waals surface area contributed by atoms with Crippen molar-refractivity contribution in [3.05, 3.63) is 0 Å². The van der Waals surface area contributed by atoms with Gasteiger partial charge in [0.05, 0.1) is 6.10 Å². The van der Waals surface area contributed by atoms with E-state index in [9.17, 15) is 0 Å². The fourth-order valence-corrected chi connectivity index (χ4v) is 2.87. The second-order valence-corrected chi connectivity index (χ2v) is 6.45. The van der Waals surface area contributed by atoms with Crippen LogP contribution < -0.4 is 5.32 Å². The highest BCUT2D eigenvalue weighted by Crippen LogP contribution is 2.29. The monoisotopic (exact) mass is 255 g/mol. The summed E-state index contributed by atoms with van der Waals surface area (Å²) < 4.78 is 5.55. The molecule has 1 N–H and O–H groups in total. The van der Waals surface area contributed by atoms with E-state index in [0.29, 0.717) is 6.10 Å². The molecule has 1 fully saturated rings. The molecular formula is C16H33NO. The minimum atomic E-state index is 0.378. The van der Waals surface area contributed by atoms with E-state index >= 15 is 0 Å². The van der Waals surface area contributed by atoms with Crippen molar-refractivity contribution < 1.29 is 4.74 Å². The van der Waals surface area contributed by atoms with Crippen molar-refractivity contribution in [3.8, 4) is 0 Å². The summed E-state index contributed by atoms with van der Waals surface area (Å²) in [6.07, 6.45) is 8.44. The highest BCUT2D eigenvalue weighted by molar-refractivity contribution is 4.79. The zero-order chi connectivity index (χ0) is 13.4. The molecule has 1 saturated carbocycles. The average Bonchev–Trinajstić information content (AvgIpc) is 2.33. The Bertz CT molecular complexity index is 203. The fraction of sp³-hybridized carbons (Fsp3) is 1.00. The van der Waals surface area contributed by atoms with Crippen LogP contribution in [0.25, 0.3) is 0 Å². The van der Waals surface area contributed by atoms with E-state index < -0.39 is 0 Å². The molecule has 0 radical (unpaired) electrons. The van der Waals surface area contributed by atoms with E-state index in [0.717, 1.165) is 31.0 Å². The number of nitrogens with one attached hydrogen (secondary N) is 1. The molecule has 0 heterocycles. The lowest BCUT2D eigenvalue weighted by atomic mass is 9.79. The van der Waals surface area contributed by atoms with Crippen LogP contribution in [0.3, 0.4) is 0 Å². The molecule has 0 aliphatic heterocycles. The first-order valence-electron chi connectivity index (χ1n) is 7.94. The van der Waals surface area contributed by atoms with Gasteiger partial charge in [-0.3, -0.25) is 0 Å². The highest BCUT2D eigenvalue weighted by Gasteiger charge is 2.23. The van der Waals surface area contributed by atoms with E-state index in [1.165, 1.54) is 38.5 Å². The molecular weight excluding hydrogens is 222 g/mol. The molecule has 0 aromatic carbocycles. The van der Waals surface area contributed by atoms with Gasteiger partial charge in [0.25, 0.3) is 0 Å². The topological polar surface area (TPSA) is 21.3 Å². The van der Waals surface area contributed by atoms with Crippen LogP contribution in [0.15, 0.2) is 0 Å². The molecule has 2 heteroatoms. The van der Waals surface area contributed by atoms with Crippen molar-refractivity contribution in [1.82, 2.24) is 5.32 Å². The Labute approximate surface area is 114 Å². The third-order valence-electron chi connectivity index (χ3n) is 4.11. The predicted octanol–water partition coefficient (Wildman–Crippen LogP) is 4.00. The van der Waals surface area contributed by atoms with Crippen LogP contribution in [0.2, 0.25) is 0 Å². The third kappa shape index (κ3) is 6.75. The molecule has 1 rings (SSSR count). The van der Waals surface area contributed by atoms with Gasteiger partial charge in [-0.25, -0.2) is 0 Å². The highest BCUT2D eigenvalue weighted by atomic mass is 16.5. The Morgan fingerprint density at radius 2 is 1.89 bits per heavy atom. The quantitative estimate of drug-likeness (QED) is 0.662. The van der Waals surface area contributed by atoms with Gasteiger partial charge in [-0.15, -0.1) is 0 Å². The third-order valence-corrected chi connectivity index (χ3v) is 4.11. The smallest absolute Gasteiger partial charge is 0.0518 e. The van der Waals surface area contributed by atoms with Crippen molar-refractivity contribution in [3.63, 3.8) is 0 Å². The maximum atomic E-state index is 5.55. The number of hydrogen-bond donors (Lipinski definition) is 1. The summed E-state index contributed by atoms with van der Waals surface area (Å²) in [5.41, 5.74) is 0. The van der Waals surface area contributed by atoms with E-state index in [1.54, 1.807) is 0 Å². The van der Waals surface area contributed by atoms with E-state index in [1.807, 2.05) is 0 Å². The summed E-state index contributed by atoms with van der Waals surface area (Å²) in [4.78, 5) is 0. The fourth-order valence-electron chi connectivity index (χ4n) is 2.87. The van der Waals surface area contributed by atoms with Gasteiger partial charge < -0.3 is 10.1 Å². The van der Waals surface area contributed by atoms with Crippen LogP contribution in [0.4, 0.5) is 0 Å². The maximum Gasteiger partial charge on any atom is 0.0518 e. The Morgan fingerprint density at radius 3 is 2.56 bits per heavy atom. The second kappa shape index (κ2) is 8.92. The van der Waals surface area contributed by atoms with Crippen LogP contribution in [0.5, 0.6) is 0 Å². The van der Waals surface area contributed by atoms with Crippen molar-refractivity contribution in [1.29, 1.82) is 0 Å². The molecule has 18 heavy (non-hydrogen) atoms. The van der Waals surface area contributed by atoms with E-state index in [4.69, 9.17) is 4.74 Å². The lowest BCUT2D eigenvalue weighted by Gasteiger charge is -2.32. The summed E-state index contributed by atoms with van der Waals surface area (Å²) in [6, 6.07) is 0.775. The Kier molecular flexibility index (Phi) is 7.92. The van der Waals surface area contributed by atoms with Crippen molar-refractivity contribution in [2.45, 2.75) is 78.4 Å². The lowest BCUT2D eigenvalue weighted by molar-refractivity contribution is 0.0758. The molecule has 0 aromatic rings. The number of ether oxygens (including phenoxy) is 1.